The van der Waals surface area contributed by atoms with Crippen LogP contribution in [-0.2, 0) is 18.7 Å². The molecule has 0 fully saturated rings. The molecule has 0 unspecified atom stereocenters. The maximum Gasteiger partial charge on any atom is 0.263 e. The molecule has 0 amide bonds. The standard InChI is InChI=1S/C17H21N3OS3/c1-5-7-13-18-12(8-22-13)9-23-17-19-15-14(10(3)11(4)24-15)16(21)20(17)6-2/h8H,5-7,9H2,1-4H3. The number of thioether (sulfide) groups is 1. The van der Waals surface area contributed by atoms with E-state index in [1.807, 2.05) is 13.8 Å². The quantitative estimate of drug-likeness (QED) is 0.456. The molecule has 0 saturated heterocycles. The smallest absolute Gasteiger partial charge is 0.263 e. The minimum Gasteiger partial charge on any atom is -0.287 e. The minimum absolute atomic E-state index is 0.0804. The molecular weight excluding hydrogens is 358 g/mol. The summed E-state index contributed by atoms with van der Waals surface area (Å²) in [6.07, 6.45) is 2.15. The third-order valence-electron chi connectivity index (χ3n) is 3.98. The monoisotopic (exact) mass is 379 g/mol. The van der Waals surface area contributed by atoms with Gasteiger partial charge < -0.3 is 0 Å². The summed E-state index contributed by atoms with van der Waals surface area (Å²) >= 11 is 4.93. The average molecular weight is 380 g/mol. The summed E-state index contributed by atoms with van der Waals surface area (Å²) in [5.41, 5.74) is 2.22. The summed E-state index contributed by atoms with van der Waals surface area (Å²) in [6, 6.07) is 0. The van der Waals surface area contributed by atoms with E-state index in [1.54, 1.807) is 39.0 Å². The molecule has 3 rings (SSSR count). The number of aromatic nitrogens is 3. The van der Waals surface area contributed by atoms with Gasteiger partial charge in [-0.25, -0.2) is 9.97 Å². The van der Waals surface area contributed by atoms with Crippen molar-refractivity contribution in [2.24, 2.45) is 0 Å². The van der Waals surface area contributed by atoms with Gasteiger partial charge in [0.05, 0.1) is 16.1 Å². The second kappa shape index (κ2) is 7.37. The lowest BCUT2D eigenvalue weighted by atomic mass is 10.2. The van der Waals surface area contributed by atoms with E-state index in [0.29, 0.717) is 6.54 Å². The Morgan fingerprint density at radius 3 is 2.75 bits per heavy atom. The molecule has 0 spiro atoms. The highest BCUT2D eigenvalue weighted by Gasteiger charge is 2.16. The van der Waals surface area contributed by atoms with Gasteiger partial charge in [-0.3, -0.25) is 9.36 Å². The van der Waals surface area contributed by atoms with Crippen LogP contribution in [0.25, 0.3) is 10.2 Å². The van der Waals surface area contributed by atoms with Crippen LogP contribution in [0.1, 0.15) is 41.4 Å². The first-order chi connectivity index (χ1) is 11.5. The molecule has 0 saturated carbocycles. The molecule has 0 bridgehead atoms. The zero-order valence-corrected chi connectivity index (χ0v) is 16.8. The first-order valence-electron chi connectivity index (χ1n) is 8.11. The maximum atomic E-state index is 12.8. The number of aryl methyl sites for hydroxylation is 3. The van der Waals surface area contributed by atoms with Gasteiger partial charge in [0, 0.05) is 22.6 Å². The van der Waals surface area contributed by atoms with Crippen LogP contribution in [0.4, 0.5) is 0 Å². The van der Waals surface area contributed by atoms with Crippen LogP contribution in [0.5, 0.6) is 0 Å². The van der Waals surface area contributed by atoms with E-state index in [0.717, 1.165) is 45.2 Å². The van der Waals surface area contributed by atoms with Gasteiger partial charge in [0.25, 0.3) is 5.56 Å². The second-order valence-electron chi connectivity index (χ2n) is 5.68. The first-order valence-corrected chi connectivity index (χ1v) is 10.8. The largest absolute Gasteiger partial charge is 0.287 e. The Kier molecular flexibility index (Phi) is 5.42. The molecule has 0 atom stereocenters. The van der Waals surface area contributed by atoms with Crippen LogP contribution in [-0.4, -0.2) is 14.5 Å². The zero-order chi connectivity index (χ0) is 17.3. The lowest BCUT2D eigenvalue weighted by Crippen LogP contribution is -2.22. The second-order valence-corrected chi connectivity index (χ2v) is 8.77. The first kappa shape index (κ1) is 17.6. The molecule has 3 aromatic rings. The number of fused-ring (bicyclic) bond motifs is 1. The fourth-order valence-corrected chi connectivity index (χ4v) is 5.61. The molecule has 0 aliphatic carbocycles. The number of nitrogens with zero attached hydrogens (tertiary/aromatic N) is 3. The van der Waals surface area contributed by atoms with Gasteiger partial charge in [-0.1, -0.05) is 18.7 Å². The van der Waals surface area contributed by atoms with Crippen molar-refractivity contribution < 1.29 is 0 Å². The fourth-order valence-electron chi connectivity index (χ4n) is 2.58. The van der Waals surface area contributed by atoms with Crippen LogP contribution >= 0.6 is 34.4 Å². The molecule has 7 heteroatoms. The molecule has 0 radical (unpaired) electrons. The zero-order valence-electron chi connectivity index (χ0n) is 14.4. The minimum atomic E-state index is 0.0804. The summed E-state index contributed by atoms with van der Waals surface area (Å²) in [5.74, 6) is 0.751. The molecule has 0 aromatic carbocycles. The SMILES string of the molecule is CCCc1nc(CSc2nc3sc(C)c(C)c3c(=O)n2CC)cs1. The molecule has 0 N–H and O–H groups in total. The number of hydrogen-bond acceptors (Lipinski definition) is 6. The van der Waals surface area contributed by atoms with E-state index in [4.69, 9.17) is 4.98 Å². The van der Waals surface area contributed by atoms with Crippen molar-refractivity contribution in [2.45, 2.75) is 58.0 Å². The highest BCUT2D eigenvalue weighted by atomic mass is 32.2. The lowest BCUT2D eigenvalue weighted by Gasteiger charge is -2.09. The van der Waals surface area contributed by atoms with Gasteiger partial charge in [0.1, 0.15) is 4.83 Å². The molecule has 3 aromatic heterocycles. The Hall–Kier alpha value is -1.18. The van der Waals surface area contributed by atoms with Crippen molar-refractivity contribution in [3.05, 3.63) is 36.9 Å². The van der Waals surface area contributed by atoms with Gasteiger partial charge in [0.15, 0.2) is 5.16 Å². The summed E-state index contributed by atoms with van der Waals surface area (Å²) in [5, 5.41) is 4.88. The Balaban J connectivity index is 1.92. The average Bonchev–Trinajstić information content (AvgIpc) is 3.11. The van der Waals surface area contributed by atoms with Crippen molar-refractivity contribution in [1.29, 1.82) is 0 Å². The van der Waals surface area contributed by atoms with Gasteiger partial charge in [-0.2, -0.15) is 0 Å². The van der Waals surface area contributed by atoms with Crippen molar-refractivity contribution in [3.63, 3.8) is 0 Å². The van der Waals surface area contributed by atoms with Crippen molar-refractivity contribution >= 4 is 44.7 Å². The third-order valence-corrected chi connectivity index (χ3v) is 7.05. The van der Waals surface area contributed by atoms with Gasteiger partial charge >= 0.3 is 0 Å². The Bertz CT molecular complexity index is 923. The third kappa shape index (κ3) is 3.30. The highest BCUT2D eigenvalue weighted by molar-refractivity contribution is 7.98. The Labute approximate surface area is 154 Å². The molecule has 0 aliphatic heterocycles. The fraction of sp³-hybridized carbons (Fsp3) is 0.471. The Morgan fingerprint density at radius 1 is 1.25 bits per heavy atom. The van der Waals surface area contributed by atoms with Crippen LogP contribution in [0.2, 0.25) is 0 Å². The molecule has 0 aliphatic rings. The van der Waals surface area contributed by atoms with Gasteiger partial charge in [-0.05, 0) is 39.2 Å². The Morgan fingerprint density at radius 2 is 2.04 bits per heavy atom. The number of hydrogen-bond donors (Lipinski definition) is 0. The van der Waals surface area contributed by atoms with E-state index in [1.165, 1.54) is 9.88 Å². The van der Waals surface area contributed by atoms with E-state index < -0.39 is 0 Å². The summed E-state index contributed by atoms with van der Waals surface area (Å²) in [6.45, 7) is 8.86. The van der Waals surface area contributed by atoms with Crippen LogP contribution in [0.15, 0.2) is 15.3 Å². The highest BCUT2D eigenvalue weighted by Crippen LogP contribution is 2.29. The molecule has 4 nitrogen and oxygen atoms in total. The van der Waals surface area contributed by atoms with Crippen molar-refractivity contribution in [3.8, 4) is 0 Å². The lowest BCUT2D eigenvalue weighted by molar-refractivity contribution is 0.635. The summed E-state index contributed by atoms with van der Waals surface area (Å²) in [4.78, 5) is 24.3. The number of thiazole rings is 1. The summed E-state index contributed by atoms with van der Waals surface area (Å²) in [7, 11) is 0. The maximum absolute atomic E-state index is 12.8. The number of thiophene rings is 1. The van der Waals surface area contributed by atoms with E-state index >= 15 is 0 Å². The van der Waals surface area contributed by atoms with E-state index in [9.17, 15) is 4.79 Å². The normalized spacial score (nSPS) is 11.5. The topological polar surface area (TPSA) is 47.8 Å². The summed E-state index contributed by atoms with van der Waals surface area (Å²) < 4.78 is 1.78. The van der Waals surface area contributed by atoms with Crippen molar-refractivity contribution in [2.75, 3.05) is 0 Å². The van der Waals surface area contributed by atoms with Crippen LogP contribution < -0.4 is 5.56 Å². The predicted molar refractivity (Wildman–Crippen MR) is 105 cm³/mol. The van der Waals surface area contributed by atoms with Gasteiger partial charge in [-0.15, -0.1) is 22.7 Å². The van der Waals surface area contributed by atoms with E-state index in [-0.39, 0.29) is 5.56 Å². The molecule has 128 valence electrons. The number of rotatable bonds is 6. The van der Waals surface area contributed by atoms with Crippen LogP contribution in [0.3, 0.4) is 0 Å². The van der Waals surface area contributed by atoms with E-state index in [2.05, 4.69) is 24.2 Å². The van der Waals surface area contributed by atoms with Gasteiger partial charge in [0.2, 0.25) is 0 Å². The predicted octanol–water partition coefficient (Wildman–Crippen LogP) is 4.80. The molecule has 3 heterocycles. The van der Waals surface area contributed by atoms with Crippen molar-refractivity contribution in [1.82, 2.24) is 14.5 Å². The van der Waals surface area contributed by atoms with Crippen LogP contribution in [0, 0.1) is 13.8 Å². The molecule has 24 heavy (non-hydrogen) atoms. The molecular formula is C17H21N3OS3.